The number of hydrogen-bond donors (Lipinski definition) is 4. The van der Waals surface area contributed by atoms with Gasteiger partial charge in [0.25, 0.3) is 0 Å². The Hall–Kier alpha value is -3.20. The Morgan fingerprint density at radius 2 is 1.90 bits per heavy atom. The molecule has 8 nitrogen and oxygen atoms in total. The second kappa shape index (κ2) is 10.7. The quantitative estimate of drug-likeness (QED) is 0.289. The highest BCUT2D eigenvalue weighted by Gasteiger charge is 2.47. The molecule has 3 heterocycles. The van der Waals surface area contributed by atoms with E-state index < -0.39 is 21.5 Å². The lowest BCUT2D eigenvalue weighted by Crippen LogP contribution is -2.42. The lowest BCUT2D eigenvalue weighted by Gasteiger charge is -2.36. The van der Waals surface area contributed by atoms with Gasteiger partial charge in [-0.15, -0.1) is 21.4 Å². The van der Waals surface area contributed by atoms with Crippen LogP contribution in [0.1, 0.15) is 50.1 Å². The van der Waals surface area contributed by atoms with Crippen molar-refractivity contribution < 1.29 is 13.7 Å². The van der Waals surface area contributed by atoms with E-state index in [1.807, 2.05) is 0 Å². The van der Waals surface area contributed by atoms with Crippen molar-refractivity contribution in [3.63, 3.8) is 0 Å². The summed E-state index contributed by atoms with van der Waals surface area (Å²) < 4.78 is 32.2. The number of hydrogen-bond acceptors (Lipinski definition) is 7. The minimum absolute atomic E-state index is 0.0747. The van der Waals surface area contributed by atoms with Gasteiger partial charge < -0.3 is 14.8 Å². The Morgan fingerprint density at radius 3 is 2.58 bits per heavy atom. The SMILES string of the molecule is N#CC1(NC(=O)[C@@H]2CCCC[C@H]2c2nc(-c3cncc(F)c3)sc2-c2ccc(N3CC[SH](=N)(O)CC3)cc2)CC1. The molecule has 1 aliphatic heterocycles. The van der Waals surface area contributed by atoms with Crippen molar-refractivity contribution in [3.05, 3.63) is 54.2 Å². The number of anilines is 1. The summed E-state index contributed by atoms with van der Waals surface area (Å²) in [5.74, 6) is 0.136. The third-order valence-electron chi connectivity index (χ3n) is 8.36. The lowest BCUT2D eigenvalue weighted by atomic mass is 9.76. The zero-order valence-electron chi connectivity index (χ0n) is 22.1. The topological polar surface area (TPSA) is 126 Å². The third kappa shape index (κ3) is 5.53. The standard InChI is InChI=1S/C29H33FN6O2S2/c30-21-15-20(16-33-17-21)28-34-25(23-3-1-2-4-24(23)27(37)35-29(18-31)9-10-29)26(39-28)19-5-7-22(8-6-19)36-11-13-40(32,38)14-12-36/h5-8,15-17,23-24,40H,1-4,9-14H2,(H2,32,38)(H,35,37)/t23-,24-/m1/s1. The number of rotatable bonds is 6. The van der Waals surface area contributed by atoms with Crippen LogP contribution in [-0.4, -0.2) is 50.6 Å². The molecule has 210 valence electrons. The van der Waals surface area contributed by atoms with Gasteiger partial charge in [-0.1, -0.05) is 25.0 Å². The number of thiol groups is 1. The van der Waals surface area contributed by atoms with Crippen molar-refractivity contribution in [2.75, 3.05) is 29.5 Å². The van der Waals surface area contributed by atoms with Crippen LogP contribution in [0.2, 0.25) is 0 Å². The predicted molar refractivity (Wildman–Crippen MR) is 157 cm³/mol. The molecule has 0 spiro atoms. The minimum Gasteiger partial charge on any atom is -0.370 e. The number of carbonyl (C=O) groups is 1. The van der Waals surface area contributed by atoms with Gasteiger partial charge in [-0.25, -0.2) is 9.37 Å². The van der Waals surface area contributed by atoms with Gasteiger partial charge in [-0.2, -0.15) is 5.26 Å². The summed E-state index contributed by atoms with van der Waals surface area (Å²) in [6.45, 7) is 1.33. The zero-order chi connectivity index (χ0) is 27.9. The summed E-state index contributed by atoms with van der Waals surface area (Å²) in [7, 11) is -2.51. The summed E-state index contributed by atoms with van der Waals surface area (Å²) >= 11 is 1.48. The number of benzene rings is 1. The molecule has 1 amide bonds. The van der Waals surface area contributed by atoms with E-state index in [9.17, 15) is 19.0 Å². The largest absolute Gasteiger partial charge is 0.370 e. The van der Waals surface area contributed by atoms with Gasteiger partial charge in [-0.3, -0.25) is 14.6 Å². The van der Waals surface area contributed by atoms with Crippen LogP contribution in [0.5, 0.6) is 0 Å². The molecule has 2 saturated carbocycles. The normalized spacial score (nSPS) is 24.1. The van der Waals surface area contributed by atoms with E-state index in [-0.39, 0.29) is 17.7 Å². The highest BCUT2D eigenvalue weighted by Crippen LogP contribution is 2.46. The summed E-state index contributed by atoms with van der Waals surface area (Å²) in [4.78, 5) is 25.7. The van der Waals surface area contributed by atoms with Gasteiger partial charge in [-0.05, 0) is 49.4 Å². The van der Waals surface area contributed by atoms with Gasteiger partial charge in [0.05, 0.1) is 22.8 Å². The van der Waals surface area contributed by atoms with Gasteiger partial charge >= 0.3 is 0 Å². The minimum atomic E-state index is -2.51. The van der Waals surface area contributed by atoms with Crippen LogP contribution in [0.15, 0.2) is 42.7 Å². The molecule has 2 aliphatic carbocycles. The molecular formula is C29H33FN6O2S2. The Labute approximate surface area is 238 Å². The maximum Gasteiger partial charge on any atom is 0.225 e. The number of nitrogens with one attached hydrogen (secondary N) is 2. The van der Waals surface area contributed by atoms with Crippen molar-refractivity contribution >= 4 is 33.0 Å². The molecular weight excluding hydrogens is 547 g/mol. The van der Waals surface area contributed by atoms with Gasteiger partial charge in [0.15, 0.2) is 0 Å². The number of nitriles is 1. The molecule has 3 aliphatic rings. The number of pyridine rings is 1. The van der Waals surface area contributed by atoms with E-state index in [1.165, 1.54) is 23.6 Å². The summed E-state index contributed by atoms with van der Waals surface area (Å²) in [6.07, 6.45) is 7.67. The van der Waals surface area contributed by atoms with Crippen molar-refractivity contribution in [2.45, 2.75) is 50.0 Å². The molecule has 3 N–H and O–H groups in total. The smallest absolute Gasteiger partial charge is 0.225 e. The summed E-state index contributed by atoms with van der Waals surface area (Å²) in [5.41, 5.74) is 2.76. The fourth-order valence-electron chi connectivity index (χ4n) is 5.81. The first-order chi connectivity index (χ1) is 19.3. The number of nitrogens with zero attached hydrogens (tertiary/aromatic N) is 4. The first-order valence-corrected chi connectivity index (χ1v) is 16.7. The summed E-state index contributed by atoms with van der Waals surface area (Å²) in [6, 6.07) is 11.9. The number of halogens is 1. The molecule has 1 aromatic carbocycles. The first kappa shape index (κ1) is 27.0. The number of amides is 1. The molecule has 3 fully saturated rings. The monoisotopic (exact) mass is 580 g/mol. The lowest BCUT2D eigenvalue weighted by molar-refractivity contribution is -0.127. The Kier molecular flexibility index (Phi) is 7.19. The van der Waals surface area contributed by atoms with Crippen molar-refractivity contribution in [2.24, 2.45) is 5.92 Å². The van der Waals surface area contributed by atoms with E-state index in [4.69, 9.17) is 9.76 Å². The van der Waals surface area contributed by atoms with Crippen LogP contribution in [0.3, 0.4) is 0 Å². The van der Waals surface area contributed by atoms with Crippen molar-refractivity contribution in [3.8, 4) is 27.1 Å². The maximum atomic E-state index is 14.1. The molecule has 11 heteroatoms. The molecule has 1 saturated heterocycles. The first-order valence-electron chi connectivity index (χ1n) is 13.8. The van der Waals surface area contributed by atoms with Gasteiger partial charge in [0.1, 0.15) is 16.4 Å². The van der Waals surface area contributed by atoms with E-state index in [1.54, 1.807) is 6.20 Å². The van der Waals surface area contributed by atoms with Crippen LogP contribution in [-0.2, 0) is 14.9 Å². The van der Waals surface area contributed by atoms with Crippen LogP contribution in [0.4, 0.5) is 10.1 Å². The van der Waals surface area contributed by atoms with Gasteiger partial charge in [0.2, 0.25) is 5.91 Å². The number of thiazole rings is 1. The van der Waals surface area contributed by atoms with Crippen LogP contribution in [0, 0.1) is 27.8 Å². The molecule has 6 rings (SSSR count). The van der Waals surface area contributed by atoms with Crippen LogP contribution in [0.25, 0.3) is 21.0 Å². The summed E-state index contributed by atoms with van der Waals surface area (Å²) in [5, 5.41) is 13.2. The van der Waals surface area contributed by atoms with Crippen LogP contribution < -0.4 is 10.2 Å². The fraction of sp³-hybridized carbons (Fsp3) is 0.448. The van der Waals surface area contributed by atoms with E-state index >= 15 is 0 Å². The second-order valence-corrected chi connectivity index (χ2v) is 14.9. The van der Waals surface area contributed by atoms with Crippen molar-refractivity contribution in [1.29, 1.82) is 10.0 Å². The molecule has 3 aromatic rings. The molecule has 2 atom stereocenters. The Balaban J connectivity index is 1.35. The molecule has 0 unspecified atom stereocenters. The van der Waals surface area contributed by atoms with Crippen molar-refractivity contribution in [1.82, 2.24) is 15.3 Å². The highest BCUT2D eigenvalue weighted by molar-refractivity contribution is 7.98. The number of aromatic nitrogens is 2. The van der Waals surface area contributed by atoms with Gasteiger partial charge in [0, 0.05) is 53.9 Å². The second-order valence-electron chi connectivity index (χ2n) is 11.2. The maximum absolute atomic E-state index is 14.1. The predicted octanol–water partition coefficient (Wildman–Crippen LogP) is 5.40. The molecule has 40 heavy (non-hydrogen) atoms. The Morgan fingerprint density at radius 1 is 1.18 bits per heavy atom. The van der Waals surface area contributed by atoms with E-state index in [0.29, 0.717) is 48.0 Å². The van der Waals surface area contributed by atoms with E-state index in [0.717, 1.165) is 47.5 Å². The third-order valence-corrected chi connectivity index (χ3v) is 11.4. The average molecular weight is 581 g/mol. The zero-order valence-corrected chi connectivity index (χ0v) is 23.9. The molecule has 0 radical (unpaired) electrons. The number of carbonyl (C=O) groups excluding carboxylic acids is 1. The molecule has 2 aromatic heterocycles. The highest BCUT2D eigenvalue weighted by atomic mass is 32.3. The molecule has 0 bridgehead atoms. The van der Waals surface area contributed by atoms with Crippen LogP contribution >= 0.6 is 11.3 Å². The van der Waals surface area contributed by atoms with E-state index in [2.05, 4.69) is 45.5 Å². The average Bonchev–Trinajstić information content (AvgIpc) is 3.59. The fourth-order valence-corrected chi connectivity index (χ4v) is 8.30. The Bertz CT molecular complexity index is 1500.